The SMILES string of the molecule is CCCCCC(=C(c1ccc(O)cc1)c1ccc(O)cc1)c1ccc(CCC(=O)O)cc1. The van der Waals surface area contributed by atoms with Gasteiger partial charge >= 0.3 is 5.97 Å². The van der Waals surface area contributed by atoms with E-state index in [0.29, 0.717) is 6.42 Å². The van der Waals surface area contributed by atoms with Crippen LogP contribution < -0.4 is 0 Å². The fourth-order valence-electron chi connectivity index (χ4n) is 3.86. The van der Waals surface area contributed by atoms with Crippen molar-refractivity contribution in [1.82, 2.24) is 0 Å². The maximum absolute atomic E-state index is 10.9. The fourth-order valence-corrected chi connectivity index (χ4v) is 3.86. The number of hydrogen-bond donors (Lipinski definition) is 3. The smallest absolute Gasteiger partial charge is 0.303 e. The third-order valence-corrected chi connectivity index (χ3v) is 5.57. The molecule has 3 rings (SSSR count). The zero-order chi connectivity index (χ0) is 22.9. The molecule has 0 saturated carbocycles. The summed E-state index contributed by atoms with van der Waals surface area (Å²) in [6.45, 7) is 2.18. The highest BCUT2D eigenvalue weighted by molar-refractivity contribution is 5.98. The summed E-state index contributed by atoms with van der Waals surface area (Å²) in [5, 5.41) is 28.6. The van der Waals surface area contributed by atoms with E-state index in [1.165, 1.54) is 5.57 Å². The van der Waals surface area contributed by atoms with E-state index in [-0.39, 0.29) is 17.9 Å². The maximum atomic E-state index is 10.9. The molecule has 3 aromatic rings. The number of rotatable bonds is 10. The van der Waals surface area contributed by atoms with Gasteiger partial charge in [-0.15, -0.1) is 0 Å². The first-order valence-electron chi connectivity index (χ1n) is 11.1. The molecule has 0 aromatic heterocycles. The van der Waals surface area contributed by atoms with E-state index in [1.807, 2.05) is 36.4 Å². The van der Waals surface area contributed by atoms with Gasteiger partial charge < -0.3 is 15.3 Å². The van der Waals surface area contributed by atoms with Crippen molar-refractivity contribution in [2.45, 2.75) is 45.4 Å². The molecule has 0 fully saturated rings. The van der Waals surface area contributed by atoms with Crippen LogP contribution in [0.1, 0.15) is 61.3 Å². The van der Waals surface area contributed by atoms with E-state index in [0.717, 1.165) is 53.5 Å². The molecule has 32 heavy (non-hydrogen) atoms. The Hall–Kier alpha value is -3.53. The molecule has 4 nitrogen and oxygen atoms in total. The summed E-state index contributed by atoms with van der Waals surface area (Å²) in [7, 11) is 0. The molecular weight excluding hydrogens is 400 g/mol. The number of phenols is 2. The standard InChI is InChI=1S/C28H30O4/c1-2-3-4-5-26(21-9-6-20(7-10-21)8-19-27(31)32)28(22-11-15-24(29)16-12-22)23-13-17-25(30)18-14-23/h6-7,9-18,29-30H,2-5,8,19H2,1H3,(H,31,32). The minimum atomic E-state index is -0.795. The lowest BCUT2D eigenvalue weighted by molar-refractivity contribution is -0.136. The number of aliphatic carboxylic acids is 1. The molecule has 0 spiro atoms. The van der Waals surface area contributed by atoms with Crippen LogP contribution in [0, 0.1) is 0 Å². The Kier molecular flexibility index (Phi) is 8.09. The quantitative estimate of drug-likeness (QED) is 0.248. The van der Waals surface area contributed by atoms with Crippen LogP contribution in [-0.2, 0) is 11.2 Å². The minimum Gasteiger partial charge on any atom is -0.508 e. The Labute approximate surface area is 189 Å². The van der Waals surface area contributed by atoms with Crippen LogP contribution in [0.4, 0.5) is 0 Å². The first kappa shape index (κ1) is 23.1. The monoisotopic (exact) mass is 430 g/mol. The number of aryl methyl sites for hydroxylation is 1. The van der Waals surface area contributed by atoms with Gasteiger partial charge in [0.25, 0.3) is 0 Å². The second kappa shape index (κ2) is 11.2. The van der Waals surface area contributed by atoms with Crippen molar-refractivity contribution in [3.63, 3.8) is 0 Å². The van der Waals surface area contributed by atoms with Crippen molar-refractivity contribution in [2.75, 3.05) is 0 Å². The van der Waals surface area contributed by atoms with Crippen LogP contribution in [0.3, 0.4) is 0 Å². The molecule has 0 aliphatic carbocycles. The Morgan fingerprint density at radius 2 is 1.19 bits per heavy atom. The van der Waals surface area contributed by atoms with E-state index < -0.39 is 5.97 Å². The first-order valence-corrected chi connectivity index (χ1v) is 11.1. The molecule has 0 heterocycles. The molecule has 0 unspecified atom stereocenters. The Morgan fingerprint density at radius 3 is 1.66 bits per heavy atom. The zero-order valence-electron chi connectivity index (χ0n) is 18.4. The molecule has 0 aliphatic rings. The van der Waals surface area contributed by atoms with Crippen LogP contribution >= 0.6 is 0 Å². The van der Waals surface area contributed by atoms with Gasteiger partial charge in [0.1, 0.15) is 11.5 Å². The van der Waals surface area contributed by atoms with Gasteiger partial charge in [0.15, 0.2) is 0 Å². The van der Waals surface area contributed by atoms with Crippen molar-refractivity contribution in [3.05, 3.63) is 95.1 Å². The summed E-state index contributed by atoms with van der Waals surface area (Å²) >= 11 is 0. The number of hydrogen-bond acceptors (Lipinski definition) is 3. The van der Waals surface area contributed by atoms with Gasteiger partial charge in [-0.2, -0.15) is 0 Å². The van der Waals surface area contributed by atoms with Crippen LogP contribution in [-0.4, -0.2) is 21.3 Å². The van der Waals surface area contributed by atoms with Crippen LogP contribution in [0.5, 0.6) is 11.5 Å². The number of carboxylic acid groups (broad SMARTS) is 1. The molecule has 3 N–H and O–H groups in total. The normalized spacial score (nSPS) is 10.7. The average Bonchev–Trinajstić information content (AvgIpc) is 2.79. The largest absolute Gasteiger partial charge is 0.508 e. The summed E-state index contributed by atoms with van der Waals surface area (Å²) in [5.74, 6) is -0.362. The lowest BCUT2D eigenvalue weighted by atomic mass is 9.86. The van der Waals surface area contributed by atoms with E-state index >= 15 is 0 Å². The van der Waals surface area contributed by atoms with Crippen LogP contribution in [0.2, 0.25) is 0 Å². The summed E-state index contributed by atoms with van der Waals surface area (Å²) in [6.07, 6.45) is 4.80. The Bertz CT molecular complexity index is 999. The molecule has 0 bridgehead atoms. The molecule has 4 heteroatoms. The third-order valence-electron chi connectivity index (χ3n) is 5.57. The second-order valence-electron chi connectivity index (χ2n) is 8.00. The van der Waals surface area contributed by atoms with Crippen molar-refractivity contribution in [1.29, 1.82) is 0 Å². The molecule has 166 valence electrons. The van der Waals surface area contributed by atoms with Gasteiger partial charge in [-0.05, 0) is 76.9 Å². The van der Waals surface area contributed by atoms with Crippen LogP contribution in [0.25, 0.3) is 11.1 Å². The molecule has 0 atom stereocenters. The fraction of sp³-hybridized carbons (Fsp3) is 0.250. The minimum absolute atomic E-state index is 0.116. The van der Waals surface area contributed by atoms with Gasteiger partial charge in [-0.1, -0.05) is 68.3 Å². The second-order valence-corrected chi connectivity index (χ2v) is 8.00. The summed E-state index contributed by atoms with van der Waals surface area (Å²) in [6, 6.07) is 22.6. The predicted octanol–water partition coefficient (Wildman–Crippen LogP) is 6.65. The Balaban J connectivity index is 2.12. The number of benzene rings is 3. The van der Waals surface area contributed by atoms with E-state index in [9.17, 15) is 15.0 Å². The van der Waals surface area contributed by atoms with E-state index in [1.54, 1.807) is 24.3 Å². The van der Waals surface area contributed by atoms with E-state index in [4.69, 9.17) is 5.11 Å². The number of unbranched alkanes of at least 4 members (excludes halogenated alkanes) is 2. The molecule has 0 radical (unpaired) electrons. The molecular formula is C28H30O4. The molecule has 3 aromatic carbocycles. The van der Waals surface area contributed by atoms with Crippen molar-refractivity contribution < 1.29 is 20.1 Å². The highest BCUT2D eigenvalue weighted by Crippen LogP contribution is 2.36. The lowest BCUT2D eigenvalue weighted by Crippen LogP contribution is -1.99. The van der Waals surface area contributed by atoms with Gasteiger partial charge in [-0.3, -0.25) is 4.79 Å². The average molecular weight is 431 g/mol. The number of carboxylic acids is 1. The van der Waals surface area contributed by atoms with Gasteiger partial charge in [0.05, 0.1) is 0 Å². The summed E-state index contributed by atoms with van der Waals surface area (Å²) in [5.41, 5.74) is 6.35. The highest BCUT2D eigenvalue weighted by atomic mass is 16.4. The van der Waals surface area contributed by atoms with Crippen LogP contribution in [0.15, 0.2) is 72.8 Å². The number of allylic oxidation sites excluding steroid dienone is 1. The molecule has 0 saturated heterocycles. The van der Waals surface area contributed by atoms with Gasteiger partial charge in [0.2, 0.25) is 0 Å². The topological polar surface area (TPSA) is 77.8 Å². The zero-order valence-corrected chi connectivity index (χ0v) is 18.4. The van der Waals surface area contributed by atoms with Crippen molar-refractivity contribution in [3.8, 4) is 11.5 Å². The maximum Gasteiger partial charge on any atom is 0.303 e. The summed E-state index contributed by atoms with van der Waals surface area (Å²) in [4.78, 5) is 10.9. The van der Waals surface area contributed by atoms with Crippen molar-refractivity contribution in [2.24, 2.45) is 0 Å². The summed E-state index contributed by atoms with van der Waals surface area (Å²) < 4.78 is 0. The van der Waals surface area contributed by atoms with E-state index in [2.05, 4.69) is 19.1 Å². The highest BCUT2D eigenvalue weighted by Gasteiger charge is 2.15. The van der Waals surface area contributed by atoms with Gasteiger partial charge in [0, 0.05) is 6.42 Å². The lowest BCUT2D eigenvalue weighted by Gasteiger charge is -2.18. The predicted molar refractivity (Wildman–Crippen MR) is 129 cm³/mol. The third kappa shape index (κ3) is 6.24. The molecule has 0 amide bonds. The van der Waals surface area contributed by atoms with Gasteiger partial charge in [-0.25, -0.2) is 0 Å². The molecule has 0 aliphatic heterocycles. The number of aromatic hydroxyl groups is 2. The number of phenolic OH excluding ortho intramolecular Hbond substituents is 2. The first-order chi connectivity index (χ1) is 15.5. The number of carbonyl (C=O) groups is 1. The van der Waals surface area contributed by atoms with Crippen molar-refractivity contribution >= 4 is 17.1 Å². The Morgan fingerprint density at radius 1 is 0.688 bits per heavy atom.